The SMILES string of the molecule is CC1=CC=C(C)C2CC(C(Cc3cc(C)cc(C(C)(C)C)c3O)=C(C)C)CC12. The Morgan fingerprint density at radius 3 is 1.96 bits per heavy atom. The summed E-state index contributed by atoms with van der Waals surface area (Å²) < 4.78 is 0. The van der Waals surface area contributed by atoms with Crippen LogP contribution in [0.25, 0.3) is 0 Å². The third-order valence-corrected chi connectivity index (χ3v) is 7.00. The van der Waals surface area contributed by atoms with E-state index < -0.39 is 0 Å². The summed E-state index contributed by atoms with van der Waals surface area (Å²) in [7, 11) is 0. The van der Waals surface area contributed by atoms with Gasteiger partial charge in [-0.1, -0.05) is 72.9 Å². The van der Waals surface area contributed by atoms with Gasteiger partial charge in [-0.2, -0.15) is 0 Å². The first kappa shape index (κ1) is 21.0. The summed E-state index contributed by atoms with van der Waals surface area (Å²) in [6, 6.07) is 4.33. The molecule has 1 aromatic rings. The Bertz CT molecular complexity index is 827. The average Bonchev–Trinajstić information content (AvgIpc) is 3.03. The minimum atomic E-state index is -0.0535. The first-order chi connectivity index (χ1) is 13.0. The van der Waals surface area contributed by atoms with E-state index in [2.05, 4.69) is 79.7 Å². The molecule has 0 aliphatic heterocycles. The Morgan fingerprint density at radius 1 is 0.964 bits per heavy atom. The lowest BCUT2D eigenvalue weighted by Gasteiger charge is -2.25. The van der Waals surface area contributed by atoms with Crippen LogP contribution in [0.1, 0.15) is 78.0 Å². The van der Waals surface area contributed by atoms with E-state index in [1.54, 1.807) is 11.1 Å². The lowest BCUT2D eigenvalue weighted by Crippen LogP contribution is -2.13. The molecule has 1 aromatic carbocycles. The Labute approximate surface area is 172 Å². The number of aryl methyl sites for hydroxylation is 1. The molecule has 1 saturated carbocycles. The Balaban J connectivity index is 1.93. The molecule has 1 heteroatoms. The maximum absolute atomic E-state index is 11.1. The average molecular weight is 379 g/mol. The number of hydrogen-bond acceptors (Lipinski definition) is 1. The fraction of sp³-hybridized carbons (Fsp3) is 0.556. The van der Waals surface area contributed by atoms with Gasteiger partial charge in [0, 0.05) is 0 Å². The van der Waals surface area contributed by atoms with Crippen molar-refractivity contribution in [3.05, 3.63) is 63.3 Å². The van der Waals surface area contributed by atoms with Gasteiger partial charge in [0.2, 0.25) is 0 Å². The molecule has 0 aromatic heterocycles. The Hall–Kier alpha value is -1.76. The van der Waals surface area contributed by atoms with E-state index in [0.29, 0.717) is 23.5 Å². The Morgan fingerprint density at radius 2 is 1.50 bits per heavy atom. The third kappa shape index (κ3) is 4.00. The van der Waals surface area contributed by atoms with E-state index in [0.717, 1.165) is 17.5 Å². The molecular formula is C27H38O. The second-order valence-electron chi connectivity index (χ2n) is 10.5. The number of benzene rings is 1. The summed E-state index contributed by atoms with van der Waals surface area (Å²) in [5, 5.41) is 11.1. The van der Waals surface area contributed by atoms with Crippen LogP contribution in [0.5, 0.6) is 5.75 Å². The topological polar surface area (TPSA) is 20.2 Å². The predicted octanol–water partition coefficient (Wildman–Crippen LogP) is 7.43. The van der Waals surface area contributed by atoms with E-state index in [1.165, 1.54) is 29.6 Å². The van der Waals surface area contributed by atoms with Crippen LogP contribution in [-0.4, -0.2) is 5.11 Å². The fourth-order valence-corrected chi connectivity index (χ4v) is 5.33. The molecular weight excluding hydrogens is 340 g/mol. The normalized spacial score (nSPS) is 24.5. The highest BCUT2D eigenvalue weighted by atomic mass is 16.3. The van der Waals surface area contributed by atoms with Gasteiger partial charge in [-0.3, -0.25) is 0 Å². The second-order valence-corrected chi connectivity index (χ2v) is 10.5. The summed E-state index contributed by atoms with van der Waals surface area (Å²) in [4.78, 5) is 0. The molecule has 0 amide bonds. The zero-order chi connectivity index (χ0) is 20.8. The van der Waals surface area contributed by atoms with E-state index in [9.17, 15) is 5.11 Å². The molecule has 2 aliphatic rings. The van der Waals surface area contributed by atoms with Crippen molar-refractivity contribution in [1.29, 1.82) is 0 Å². The molecule has 1 fully saturated rings. The maximum Gasteiger partial charge on any atom is 0.122 e. The molecule has 0 saturated heterocycles. The van der Waals surface area contributed by atoms with E-state index in [4.69, 9.17) is 0 Å². The van der Waals surface area contributed by atoms with E-state index in [-0.39, 0.29) is 5.41 Å². The molecule has 2 aliphatic carbocycles. The summed E-state index contributed by atoms with van der Waals surface area (Å²) in [5.41, 5.74) is 9.38. The third-order valence-electron chi connectivity index (χ3n) is 7.00. The molecule has 0 radical (unpaired) electrons. The summed E-state index contributed by atoms with van der Waals surface area (Å²) in [6.45, 7) is 17.8. The molecule has 152 valence electrons. The lowest BCUT2D eigenvalue weighted by molar-refractivity contribution is 0.439. The minimum absolute atomic E-state index is 0.0535. The van der Waals surface area contributed by atoms with E-state index in [1.807, 2.05) is 0 Å². The largest absolute Gasteiger partial charge is 0.507 e. The number of phenols is 1. The monoisotopic (exact) mass is 378 g/mol. The van der Waals surface area contributed by atoms with Crippen LogP contribution in [0.4, 0.5) is 0 Å². The molecule has 1 N–H and O–H groups in total. The van der Waals surface area contributed by atoms with Crippen LogP contribution in [-0.2, 0) is 11.8 Å². The van der Waals surface area contributed by atoms with Gasteiger partial charge in [-0.25, -0.2) is 0 Å². The molecule has 2 atom stereocenters. The minimum Gasteiger partial charge on any atom is -0.507 e. The van der Waals surface area contributed by atoms with Gasteiger partial charge < -0.3 is 5.11 Å². The highest BCUT2D eigenvalue weighted by Crippen LogP contribution is 2.50. The maximum atomic E-state index is 11.1. The molecule has 1 nitrogen and oxygen atoms in total. The molecule has 28 heavy (non-hydrogen) atoms. The second kappa shape index (κ2) is 7.58. The number of rotatable bonds is 3. The molecule has 0 spiro atoms. The highest BCUT2D eigenvalue weighted by Gasteiger charge is 2.38. The van der Waals surface area contributed by atoms with Crippen molar-refractivity contribution in [1.82, 2.24) is 0 Å². The summed E-state index contributed by atoms with van der Waals surface area (Å²) in [5.74, 6) is 2.50. The number of fused-ring (bicyclic) bond motifs is 1. The number of allylic oxidation sites excluding steroid dienone is 6. The van der Waals surface area contributed by atoms with Crippen molar-refractivity contribution in [2.45, 2.75) is 80.1 Å². The van der Waals surface area contributed by atoms with Crippen LogP contribution in [0.15, 0.2) is 46.6 Å². The highest BCUT2D eigenvalue weighted by molar-refractivity contribution is 5.49. The molecule has 2 unspecified atom stereocenters. The van der Waals surface area contributed by atoms with Gasteiger partial charge in [0.1, 0.15) is 5.75 Å². The van der Waals surface area contributed by atoms with Gasteiger partial charge >= 0.3 is 0 Å². The molecule has 0 heterocycles. The zero-order valence-electron chi connectivity index (χ0n) is 19.1. The summed E-state index contributed by atoms with van der Waals surface area (Å²) >= 11 is 0. The van der Waals surface area contributed by atoms with Crippen molar-refractivity contribution in [3.63, 3.8) is 0 Å². The predicted molar refractivity (Wildman–Crippen MR) is 121 cm³/mol. The molecule has 3 rings (SSSR count). The quantitative estimate of drug-likeness (QED) is 0.542. The standard InChI is InChI=1S/C27H38O/c1-16(2)22(20-13-23-18(4)9-10-19(5)24(23)14-20)15-21-11-17(3)12-25(26(21)28)27(6,7)8/h9-12,20,23-24,28H,13-15H2,1-8H3. The Kier molecular flexibility index (Phi) is 5.67. The summed E-state index contributed by atoms with van der Waals surface area (Å²) in [6.07, 6.45) is 8.01. The number of aromatic hydroxyl groups is 1. The van der Waals surface area contributed by atoms with Crippen molar-refractivity contribution in [2.75, 3.05) is 0 Å². The van der Waals surface area contributed by atoms with Crippen LogP contribution in [0.2, 0.25) is 0 Å². The van der Waals surface area contributed by atoms with Gasteiger partial charge in [0.15, 0.2) is 0 Å². The van der Waals surface area contributed by atoms with Crippen molar-refractivity contribution in [3.8, 4) is 5.75 Å². The number of hydrogen-bond donors (Lipinski definition) is 1. The van der Waals surface area contributed by atoms with Crippen LogP contribution in [0.3, 0.4) is 0 Å². The fourth-order valence-electron chi connectivity index (χ4n) is 5.33. The lowest BCUT2D eigenvalue weighted by atomic mass is 9.81. The smallest absolute Gasteiger partial charge is 0.122 e. The molecule has 0 bridgehead atoms. The van der Waals surface area contributed by atoms with Crippen molar-refractivity contribution < 1.29 is 5.11 Å². The first-order valence-corrected chi connectivity index (χ1v) is 10.8. The zero-order valence-corrected chi connectivity index (χ0v) is 19.1. The van der Waals surface area contributed by atoms with Crippen LogP contribution >= 0.6 is 0 Å². The van der Waals surface area contributed by atoms with Crippen LogP contribution < -0.4 is 0 Å². The van der Waals surface area contributed by atoms with Crippen molar-refractivity contribution >= 4 is 0 Å². The van der Waals surface area contributed by atoms with Gasteiger partial charge in [-0.05, 0) is 88.2 Å². The van der Waals surface area contributed by atoms with Crippen LogP contribution in [0, 0.1) is 24.7 Å². The van der Waals surface area contributed by atoms with Gasteiger partial charge in [-0.15, -0.1) is 0 Å². The van der Waals surface area contributed by atoms with Gasteiger partial charge in [0.05, 0.1) is 0 Å². The first-order valence-electron chi connectivity index (χ1n) is 10.8. The van der Waals surface area contributed by atoms with E-state index >= 15 is 0 Å². The van der Waals surface area contributed by atoms with Gasteiger partial charge in [0.25, 0.3) is 0 Å². The number of phenolic OH excluding ortho intramolecular Hbond substituents is 1. The van der Waals surface area contributed by atoms with Crippen molar-refractivity contribution in [2.24, 2.45) is 17.8 Å².